The molecule has 124 valence electrons. The standard InChI is InChI=1S/C15H21N5OS2/c1-3-4-5-17-10-20(16)15-19-13(9-23-15)14-6-12(8-22-14)7-18-11(2)21/h6,8-10H,3-5,7,16H2,1-2H3,(H,18,21)/p+1. The second-order valence-corrected chi connectivity index (χ2v) is 6.84. The molecule has 0 saturated heterocycles. The Hall–Kier alpha value is -1.93. The lowest BCUT2D eigenvalue weighted by Gasteiger charge is -1.97. The summed E-state index contributed by atoms with van der Waals surface area (Å²) >= 11 is 3.11. The van der Waals surface area contributed by atoms with Gasteiger partial charge in [0.1, 0.15) is 0 Å². The molecule has 0 aliphatic heterocycles. The van der Waals surface area contributed by atoms with Gasteiger partial charge < -0.3 is 10.6 Å². The van der Waals surface area contributed by atoms with Crippen LogP contribution in [-0.4, -0.2) is 28.5 Å². The molecule has 1 amide bonds. The number of unbranched alkanes of at least 4 members (excludes halogenated alkanes) is 1. The minimum atomic E-state index is -0.0291. The van der Waals surface area contributed by atoms with E-state index in [1.54, 1.807) is 17.7 Å². The van der Waals surface area contributed by atoms with Crippen LogP contribution in [0.25, 0.3) is 10.6 Å². The summed E-state index contributed by atoms with van der Waals surface area (Å²) < 4.78 is 1.51. The third-order valence-corrected chi connectivity index (χ3v) is 4.92. The van der Waals surface area contributed by atoms with Gasteiger partial charge in [0.05, 0.1) is 11.4 Å². The molecule has 4 N–H and O–H groups in total. The van der Waals surface area contributed by atoms with E-state index in [0.29, 0.717) is 6.54 Å². The molecule has 0 aromatic carbocycles. The number of carbonyl (C=O) groups is 1. The molecule has 2 heterocycles. The maximum atomic E-state index is 11.0. The zero-order chi connectivity index (χ0) is 16.7. The number of amides is 1. The highest BCUT2D eigenvalue weighted by molar-refractivity contribution is 7.15. The molecular formula is C15H22N5OS2+. The van der Waals surface area contributed by atoms with Crippen LogP contribution in [0.4, 0.5) is 5.13 Å². The Labute approximate surface area is 144 Å². The van der Waals surface area contributed by atoms with Crippen molar-refractivity contribution in [3.8, 4) is 10.6 Å². The summed E-state index contributed by atoms with van der Waals surface area (Å²) in [4.78, 5) is 16.6. The van der Waals surface area contributed by atoms with E-state index in [1.165, 1.54) is 22.9 Å². The highest BCUT2D eigenvalue weighted by Crippen LogP contribution is 2.30. The molecule has 8 heteroatoms. The largest absolute Gasteiger partial charge is 0.352 e. The van der Waals surface area contributed by atoms with Crippen molar-refractivity contribution in [2.24, 2.45) is 5.84 Å². The molecule has 0 saturated carbocycles. The fraction of sp³-hybridized carbons (Fsp3) is 0.400. The smallest absolute Gasteiger partial charge is 0.343 e. The molecular weight excluding hydrogens is 330 g/mol. The molecule has 2 rings (SSSR count). The van der Waals surface area contributed by atoms with Crippen LogP contribution in [0.1, 0.15) is 32.3 Å². The van der Waals surface area contributed by atoms with Crippen LogP contribution < -0.4 is 16.5 Å². The molecule has 0 atom stereocenters. The minimum absolute atomic E-state index is 0.0291. The van der Waals surface area contributed by atoms with Gasteiger partial charge in [0, 0.05) is 18.8 Å². The van der Waals surface area contributed by atoms with E-state index >= 15 is 0 Å². The molecule has 0 fully saturated rings. The first-order chi connectivity index (χ1) is 11.1. The molecule has 0 aliphatic carbocycles. The molecule has 0 spiro atoms. The summed E-state index contributed by atoms with van der Waals surface area (Å²) in [5.74, 6) is 5.94. The first-order valence-electron chi connectivity index (χ1n) is 7.48. The number of hydrogen-bond donors (Lipinski definition) is 3. The summed E-state index contributed by atoms with van der Waals surface area (Å²) in [6, 6.07) is 2.05. The predicted molar refractivity (Wildman–Crippen MR) is 96.0 cm³/mol. The van der Waals surface area contributed by atoms with Gasteiger partial charge in [-0.3, -0.25) is 10.6 Å². The van der Waals surface area contributed by atoms with Crippen LogP contribution in [0, 0.1) is 0 Å². The third-order valence-electron chi connectivity index (χ3n) is 3.07. The summed E-state index contributed by atoms with van der Waals surface area (Å²) in [6.07, 6.45) is 4.00. The number of nitrogens with two attached hydrogens (primary N) is 1. The van der Waals surface area contributed by atoms with Crippen molar-refractivity contribution in [2.45, 2.75) is 33.2 Å². The SMILES string of the molecule is CCCCNC=[N+](N)c1nc(-c2cc(CNC(C)=O)cs2)cs1. The highest BCUT2D eigenvalue weighted by atomic mass is 32.1. The zero-order valence-corrected chi connectivity index (χ0v) is 15.0. The highest BCUT2D eigenvalue weighted by Gasteiger charge is 2.14. The molecule has 6 nitrogen and oxygen atoms in total. The third kappa shape index (κ3) is 5.33. The topological polar surface area (TPSA) is 83.1 Å². The fourth-order valence-corrected chi connectivity index (χ4v) is 3.49. The van der Waals surface area contributed by atoms with E-state index in [2.05, 4.69) is 22.5 Å². The zero-order valence-electron chi connectivity index (χ0n) is 13.3. The summed E-state index contributed by atoms with van der Waals surface area (Å²) in [6.45, 7) is 5.11. The van der Waals surface area contributed by atoms with Crippen LogP contribution in [0.2, 0.25) is 0 Å². The van der Waals surface area contributed by atoms with E-state index in [-0.39, 0.29) is 5.91 Å². The van der Waals surface area contributed by atoms with Crippen molar-refractivity contribution in [3.63, 3.8) is 0 Å². The molecule has 0 radical (unpaired) electrons. The first-order valence-corrected chi connectivity index (χ1v) is 9.24. The lowest BCUT2D eigenvalue weighted by molar-refractivity contribution is -0.449. The normalized spacial score (nSPS) is 11.5. The Bertz CT molecular complexity index is 677. The molecule has 23 heavy (non-hydrogen) atoms. The Kier molecular flexibility index (Phi) is 6.54. The Morgan fingerprint density at radius 1 is 1.43 bits per heavy atom. The van der Waals surface area contributed by atoms with Crippen molar-refractivity contribution in [1.29, 1.82) is 0 Å². The van der Waals surface area contributed by atoms with E-state index in [1.807, 2.05) is 16.8 Å². The molecule has 0 aliphatic rings. The van der Waals surface area contributed by atoms with Gasteiger partial charge in [0.15, 0.2) is 5.69 Å². The predicted octanol–water partition coefficient (Wildman–Crippen LogP) is 2.44. The van der Waals surface area contributed by atoms with E-state index in [9.17, 15) is 4.79 Å². The summed E-state index contributed by atoms with van der Waals surface area (Å²) in [5, 5.41) is 10.7. The van der Waals surface area contributed by atoms with Gasteiger partial charge in [-0.1, -0.05) is 29.7 Å². The first kappa shape index (κ1) is 17.4. The number of nitrogens with one attached hydrogen (secondary N) is 2. The van der Waals surface area contributed by atoms with Crippen LogP contribution >= 0.6 is 22.7 Å². The monoisotopic (exact) mass is 352 g/mol. The second-order valence-electron chi connectivity index (χ2n) is 5.09. The van der Waals surface area contributed by atoms with Crippen molar-refractivity contribution in [2.75, 3.05) is 6.54 Å². The number of thiazole rings is 1. The number of carbonyl (C=O) groups excluding carboxylic acids is 1. The van der Waals surface area contributed by atoms with Crippen LogP contribution in [-0.2, 0) is 11.3 Å². The van der Waals surface area contributed by atoms with Gasteiger partial charge in [-0.05, 0) is 23.4 Å². The molecule has 2 aromatic rings. The molecule has 2 aromatic heterocycles. The van der Waals surface area contributed by atoms with Crippen molar-refractivity contribution in [3.05, 3.63) is 22.4 Å². The van der Waals surface area contributed by atoms with Gasteiger partial charge in [-0.25, -0.2) is 0 Å². The summed E-state index contributed by atoms with van der Waals surface area (Å²) in [5.41, 5.74) is 1.98. The van der Waals surface area contributed by atoms with Gasteiger partial charge in [-0.15, -0.1) is 16.0 Å². The number of hydrazone groups is 1. The van der Waals surface area contributed by atoms with E-state index < -0.39 is 0 Å². The average Bonchev–Trinajstić information content (AvgIpc) is 3.17. The van der Waals surface area contributed by atoms with Gasteiger partial charge in [0.2, 0.25) is 12.2 Å². The van der Waals surface area contributed by atoms with Gasteiger partial charge in [0.25, 0.3) is 0 Å². The van der Waals surface area contributed by atoms with E-state index in [0.717, 1.165) is 40.7 Å². The Balaban J connectivity index is 2.00. The maximum absolute atomic E-state index is 11.0. The van der Waals surface area contributed by atoms with Crippen molar-refractivity contribution in [1.82, 2.24) is 15.6 Å². The van der Waals surface area contributed by atoms with Crippen molar-refractivity contribution < 1.29 is 9.48 Å². The lowest BCUT2D eigenvalue weighted by Crippen LogP contribution is -2.25. The Morgan fingerprint density at radius 2 is 2.26 bits per heavy atom. The number of thiophene rings is 1. The van der Waals surface area contributed by atoms with Crippen LogP contribution in [0.15, 0.2) is 16.8 Å². The van der Waals surface area contributed by atoms with Crippen LogP contribution in [0.5, 0.6) is 0 Å². The maximum Gasteiger partial charge on any atom is 0.343 e. The Morgan fingerprint density at radius 3 is 3.00 bits per heavy atom. The van der Waals surface area contributed by atoms with Crippen LogP contribution in [0.3, 0.4) is 0 Å². The van der Waals surface area contributed by atoms with Gasteiger partial charge in [-0.2, -0.15) is 0 Å². The van der Waals surface area contributed by atoms with E-state index in [4.69, 9.17) is 5.84 Å². The van der Waals surface area contributed by atoms with Crippen molar-refractivity contribution >= 4 is 40.1 Å². The molecule has 0 unspecified atom stereocenters. The number of aromatic nitrogens is 1. The number of hydrazine groups is 1. The fourth-order valence-electron chi connectivity index (χ4n) is 1.82. The second kappa shape index (κ2) is 8.64. The van der Waals surface area contributed by atoms with Gasteiger partial charge >= 0.3 is 5.13 Å². The number of rotatable bonds is 8. The lowest BCUT2D eigenvalue weighted by atomic mass is 10.3. The minimum Gasteiger partial charge on any atom is -0.352 e. The summed E-state index contributed by atoms with van der Waals surface area (Å²) in [7, 11) is 0. The number of hydrogen-bond acceptors (Lipinski definition) is 5. The molecule has 0 bridgehead atoms. The number of nitrogens with zero attached hydrogens (tertiary/aromatic N) is 2. The average molecular weight is 353 g/mol. The quantitative estimate of drug-likeness (QED) is 0.170.